The van der Waals surface area contributed by atoms with Crippen LogP contribution in [0.3, 0.4) is 0 Å². The third-order valence-electron chi connectivity index (χ3n) is 3.89. The van der Waals surface area contributed by atoms with Crippen molar-refractivity contribution in [2.45, 2.75) is 33.2 Å². The number of aryl methyl sites for hydroxylation is 1. The topological polar surface area (TPSA) is 49.4 Å². The lowest BCUT2D eigenvalue weighted by atomic mass is 9.95. The van der Waals surface area contributed by atoms with Crippen LogP contribution in [0.4, 0.5) is 14.5 Å². The van der Waals surface area contributed by atoms with Crippen LogP contribution in [-0.4, -0.2) is 24.4 Å². The van der Waals surface area contributed by atoms with Gasteiger partial charge in [0.15, 0.2) is 5.82 Å². The normalized spacial score (nSPS) is 20.4. The molecule has 0 spiro atoms. The molecule has 1 N–H and O–H groups in total. The van der Waals surface area contributed by atoms with Gasteiger partial charge in [-0.05, 0) is 24.5 Å². The largest absolute Gasteiger partial charge is 0.342 e. The molecule has 4 nitrogen and oxygen atoms in total. The van der Waals surface area contributed by atoms with Crippen molar-refractivity contribution in [3.8, 4) is 0 Å². The first-order valence-corrected chi connectivity index (χ1v) is 6.92. The second-order valence-electron chi connectivity index (χ2n) is 5.38. The first-order valence-electron chi connectivity index (χ1n) is 6.92. The molecular formula is C15H18F2N2O2. The van der Waals surface area contributed by atoms with E-state index in [0.29, 0.717) is 6.42 Å². The fourth-order valence-electron chi connectivity index (χ4n) is 2.37. The van der Waals surface area contributed by atoms with Crippen LogP contribution in [0.1, 0.15) is 25.8 Å². The van der Waals surface area contributed by atoms with E-state index in [0.717, 1.165) is 11.0 Å². The number of piperazine rings is 1. The van der Waals surface area contributed by atoms with Crippen LogP contribution >= 0.6 is 0 Å². The molecule has 0 aromatic heterocycles. The Morgan fingerprint density at radius 1 is 1.38 bits per heavy atom. The summed E-state index contributed by atoms with van der Waals surface area (Å²) in [4.78, 5) is 25.2. The summed E-state index contributed by atoms with van der Waals surface area (Å²) in [6.07, 6.45) is 0.670. The molecule has 1 aromatic rings. The van der Waals surface area contributed by atoms with E-state index in [4.69, 9.17) is 0 Å². The third kappa shape index (κ3) is 2.75. The monoisotopic (exact) mass is 296 g/mol. The standard InChI is InChI=1S/C15H18F2N2O2/c1-4-8(2)13-15(21)19(7-11(20)18-13)14-10(16)6-5-9(3)12(14)17/h5-6,8,13H,4,7H2,1-3H3,(H,18,20). The van der Waals surface area contributed by atoms with E-state index in [2.05, 4.69) is 5.32 Å². The quantitative estimate of drug-likeness (QED) is 0.929. The Kier molecular flexibility index (Phi) is 4.25. The molecule has 114 valence electrons. The first-order chi connectivity index (χ1) is 9.86. The van der Waals surface area contributed by atoms with Crippen molar-refractivity contribution in [1.29, 1.82) is 0 Å². The molecule has 2 rings (SSSR count). The maximum Gasteiger partial charge on any atom is 0.250 e. The number of nitrogens with zero attached hydrogens (tertiary/aromatic N) is 1. The Morgan fingerprint density at radius 3 is 2.67 bits per heavy atom. The number of benzene rings is 1. The van der Waals surface area contributed by atoms with Crippen molar-refractivity contribution in [2.75, 3.05) is 11.4 Å². The zero-order valence-corrected chi connectivity index (χ0v) is 12.2. The van der Waals surface area contributed by atoms with Gasteiger partial charge in [0.05, 0.1) is 0 Å². The number of carbonyl (C=O) groups excluding carboxylic acids is 2. The lowest BCUT2D eigenvalue weighted by Crippen LogP contribution is -2.60. The third-order valence-corrected chi connectivity index (χ3v) is 3.89. The van der Waals surface area contributed by atoms with Crippen LogP contribution in [0.2, 0.25) is 0 Å². The molecule has 1 heterocycles. The summed E-state index contributed by atoms with van der Waals surface area (Å²) in [5.74, 6) is -2.65. The summed E-state index contributed by atoms with van der Waals surface area (Å²) in [7, 11) is 0. The highest BCUT2D eigenvalue weighted by atomic mass is 19.1. The molecule has 1 fully saturated rings. The number of amides is 2. The van der Waals surface area contributed by atoms with Gasteiger partial charge < -0.3 is 5.32 Å². The summed E-state index contributed by atoms with van der Waals surface area (Å²) in [5, 5.41) is 2.60. The van der Waals surface area contributed by atoms with Crippen molar-refractivity contribution in [2.24, 2.45) is 5.92 Å². The molecular weight excluding hydrogens is 278 g/mol. The molecule has 0 radical (unpaired) electrons. The predicted molar refractivity (Wildman–Crippen MR) is 74.8 cm³/mol. The number of nitrogens with one attached hydrogen (secondary N) is 1. The highest BCUT2D eigenvalue weighted by Crippen LogP contribution is 2.28. The summed E-state index contributed by atoms with van der Waals surface area (Å²) >= 11 is 0. The van der Waals surface area contributed by atoms with Gasteiger partial charge in [0.2, 0.25) is 11.8 Å². The number of anilines is 1. The SMILES string of the molecule is CCC(C)C1NC(=O)CN(c2c(F)ccc(C)c2F)C1=O. The minimum Gasteiger partial charge on any atom is -0.342 e. The average molecular weight is 296 g/mol. The Hall–Kier alpha value is -1.98. The molecule has 1 aliphatic rings. The maximum absolute atomic E-state index is 14.2. The second kappa shape index (κ2) is 5.79. The molecule has 0 bridgehead atoms. The second-order valence-corrected chi connectivity index (χ2v) is 5.38. The molecule has 2 amide bonds. The molecule has 2 unspecified atom stereocenters. The van der Waals surface area contributed by atoms with Crippen molar-refractivity contribution < 1.29 is 18.4 Å². The van der Waals surface area contributed by atoms with Crippen molar-refractivity contribution in [3.05, 3.63) is 29.3 Å². The number of rotatable bonds is 3. The van der Waals surface area contributed by atoms with Crippen LogP contribution in [0.15, 0.2) is 12.1 Å². The summed E-state index contributed by atoms with van der Waals surface area (Å²) < 4.78 is 28.2. The van der Waals surface area contributed by atoms with E-state index < -0.39 is 35.2 Å². The van der Waals surface area contributed by atoms with Crippen LogP contribution < -0.4 is 10.2 Å². The van der Waals surface area contributed by atoms with E-state index in [1.165, 1.54) is 13.0 Å². The summed E-state index contributed by atoms with van der Waals surface area (Å²) in [5.41, 5.74) is -0.214. The van der Waals surface area contributed by atoms with Crippen LogP contribution in [0, 0.1) is 24.5 Å². The zero-order valence-electron chi connectivity index (χ0n) is 12.2. The van der Waals surface area contributed by atoms with Crippen LogP contribution in [0.5, 0.6) is 0 Å². The lowest BCUT2D eigenvalue weighted by Gasteiger charge is -2.35. The Morgan fingerprint density at radius 2 is 2.05 bits per heavy atom. The smallest absolute Gasteiger partial charge is 0.250 e. The van der Waals surface area contributed by atoms with Crippen molar-refractivity contribution >= 4 is 17.5 Å². The van der Waals surface area contributed by atoms with E-state index in [1.54, 1.807) is 0 Å². The molecule has 1 aliphatic heterocycles. The Labute approximate surface area is 122 Å². The Balaban J connectivity index is 2.46. The molecule has 1 aromatic carbocycles. The lowest BCUT2D eigenvalue weighted by molar-refractivity contribution is -0.132. The van der Waals surface area contributed by atoms with Crippen molar-refractivity contribution in [1.82, 2.24) is 5.32 Å². The van der Waals surface area contributed by atoms with Gasteiger partial charge in [-0.1, -0.05) is 26.3 Å². The van der Waals surface area contributed by atoms with E-state index >= 15 is 0 Å². The highest BCUT2D eigenvalue weighted by Gasteiger charge is 2.38. The number of hydrogen-bond acceptors (Lipinski definition) is 2. The van der Waals surface area contributed by atoms with Crippen molar-refractivity contribution in [3.63, 3.8) is 0 Å². The van der Waals surface area contributed by atoms with Crippen LogP contribution in [0.25, 0.3) is 0 Å². The molecule has 2 atom stereocenters. The minimum atomic E-state index is -0.843. The van der Waals surface area contributed by atoms with E-state index in [-0.39, 0.29) is 18.0 Å². The summed E-state index contributed by atoms with van der Waals surface area (Å²) in [6, 6.07) is 1.65. The zero-order chi connectivity index (χ0) is 15.7. The first kappa shape index (κ1) is 15.4. The van der Waals surface area contributed by atoms with Gasteiger partial charge >= 0.3 is 0 Å². The molecule has 0 saturated carbocycles. The molecule has 6 heteroatoms. The highest BCUT2D eigenvalue weighted by molar-refractivity contribution is 6.06. The van der Waals surface area contributed by atoms with Gasteiger partial charge in [-0.25, -0.2) is 8.78 Å². The molecule has 0 aliphatic carbocycles. The fourth-order valence-corrected chi connectivity index (χ4v) is 2.37. The minimum absolute atomic E-state index is 0.111. The number of halogens is 2. The van der Waals surface area contributed by atoms with Gasteiger partial charge in [-0.2, -0.15) is 0 Å². The van der Waals surface area contributed by atoms with E-state index in [9.17, 15) is 18.4 Å². The summed E-state index contributed by atoms with van der Waals surface area (Å²) in [6.45, 7) is 4.81. The maximum atomic E-state index is 14.2. The van der Waals surface area contributed by atoms with Gasteiger partial charge in [-0.3, -0.25) is 14.5 Å². The predicted octanol–water partition coefficient (Wildman–Crippen LogP) is 2.15. The fraction of sp³-hybridized carbons (Fsp3) is 0.467. The van der Waals surface area contributed by atoms with Crippen LogP contribution in [-0.2, 0) is 9.59 Å². The van der Waals surface area contributed by atoms with Gasteiger partial charge in [0, 0.05) is 0 Å². The Bertz CT molecular complexity index is 589. The van der Waals surface area contributed by atoms with Gasteiger partial charge in [0.1, 0.15) is 24.1 Å². The number of carbonyl (C=O) groups is 2. The van der Waals surface area contributed by atoms with Gasteiger partial charge in [-0.15, -0.1) is 0 Å². The molecule has 21 heavy (non-hydrogen) atoms. The van der Waals surface area contributed by atoms with E-state index in [1.807, 2.05) is 13.8 Å². The van der Waals surface area contributed by atoms with Gasteiger partial charge in [0.25, 0.3) is 0 Å². The average Bonchev–Trinajstić information content (AvgIpc) is 2.45. The number of hydrogen-bond donors (Lipinski definition) is 1. The molecule has 1 saturated heterocycles.